The van der Waals surface area contributed by atoms with E-state index in [0.29, 0.717) is 19.4 Å². The van der Waals surface area contributed by atoms with Crippen molar-refractivity contribution < 1.29 is 19.4 Å². The van der Waals surface area contributed by atoms with Crippen LogP contribution in [0.2, 0.25) is 18.1 Å². The molecule has 1 heterocycles. The minimum atomic E-state index is -1.85. The Bertz CT molecular complexity index is 327. The first kappa shape index (κ1) is 16.5. The van der Waals surface area contributed by atoms with Crippen molar-refractivity contribution in [2.45, 2.75) is 63.9 Å². The second-order valence-corrected chi connectivity index (χ2v) is 11.7. The molecule has 0 aliphatic carbocycles. The van der Waals surface area contributed by atoms with Crippen molar-refractivity contribution in [2.24, 2.45) is 0 Å². The number of β-amino-alcohol motifs (C(OH)–C–C–N with tert-alkyl or cyclic N) is 1. The van der Waals surface area contributed by atoms with E-state index in [1.807, 2.05) is 0 Å². The Balaban J connectivity index is 2.63. The zero-order chi connectivity index (χ0) is 14.8. The standard InChI is InChI=1S/C13H27NO4Si/c1-13(2,3)19(4,5)18-9-10-6-7-11(15)8-14(10)12(16)17/h10-11,15H,6-9H2,1-5H3,(H,16,17). The molecular weight excluding hydrogens is 262 g/mol. The summed E-state index contributed by atoms with van der Waals surface area (Å²) in [5, 5.41) is 18.9. The average molecular weight is 289 g/mol. The molecule has 0 saturated carbocycles. The quantitative estimate of drug-likeness (QED) is 0.783. The van der Waals surface area contributed by atoms with Gasteiger partial charge in [0.15, 0.2) is 8.32 Å². The predicted octanol–water partition coefficient (Wildman–Crippen LogP) is 2.51. The summed E-state index contributed by atoms with van der Waals surface area (Å²) in [4.78, 5) is 12.5. The van der Waals surface area contributed by atoms with E-state index >= 15 is 0 Å². The van der Waals surface area contributed by atoms with Crippen LogP contribution in [0.25, 0.3) is 0 Å². The van der Waals surface area contributed by atoms with Crippen molar-refractivity contribution in [3.63, 3.8) is 0 Å². The SMILES string of the molecule is CC(C)(C)[Si](C)(C)OCC1CCC(O)CN1C(=O)O. The fourth-order valence-electron chi connectivity index (χ4n) is 1.94. The van der Waals surface area contributed by atoms with Gasteiger partial charge in [0.25, 0.3) is 0 Å². The van der Waals surface area contributed by atoms with Gasteiger partial charge in [0.1, 0.15) is 0 Å². The summed E-state index contributed by atoms with van der Waals surface area (Å²) in [6, 6.07) is -0.130. The van der Waals surface area contributed by atoms with Crippen molar-refractivity contribution >= 4 is 14.4 Å². The van der Waals surface area contributed by atoms with E-state index < -0.39 is 20.5 Å². The molecule has 1 saturated heterocycles. The molecule has 0 radical (unpaired) electrons. The summed E-state index contributed by atoms with van der Waals surface area (Å²) in [7, 11) is -1.85. The average Bonchev–Trinajstić information content (AvgIpc) is 2.25. The van der Waals surface area contributed by atoms with Crippen LogP contribution >= 0.6 is 0 Å². The van der Waals surface area contributed by atoms with Gasteiger partial charge in [0.05, 0.1) is 25.3 Å². The largest absolute Gasteiger partial charge is 0.465 e. The number of carboxylic acid groups (broad SMARTS) is 1. The first-order chi connectivity index (χ1) is 8.54. The monoisotopic (exact) mass is 289 g/mol. The van der Waals surface area contributed by atoms with E-state index in [-0.39, 0.29) is 17.6 Å². The fraction of sp³-hybridized carbons (Fsp3) is 0.923. The molecule has 19 heavy (non-hydrogen) atoms. The summed E-state index contributed by atoms with van der Waals surface area (Å²) < 4.78 is 6.10. The lowest BCUT2D eigenvalue weighted by Crippen LogP contribution is -2.52. The lowest BCUT2D eigenvalue weighted by atomic mass is 10.0. The summed E-state index contributed by atoms with van der Waals surface area (Å²) in [6.45, 7) is 11.5. The highest BCUT2D eigenvalue weighted by Gasteiger charge is 2.39. The van der Waals surface area contributed by atoms with Gasteiger partial charge in [-0.2, -0.15) is 0 Å². The minimum Gasteiger partial charge on any atom is -0.465 e. The van der Waals surface area contributed by atoms with Crippen molar-refractivity contribution in [1.82, 2.24) is 4.90 Å². The number of hydrogen-bond acceptors (Lipinski definition) is 3. The molecule has 2 N–H and O–H groups in total. The Hall–Kier alpha value is -0.593. The molecule has 1 amide bonds. The van der Waals surface area contributed by atoms with Gasteiger partial charge in [-0.15, -0.1) is 0 Å². The Morgan fingerprint density at radius 1 is 1.37 bits per heavy atom. The van der Waals surface area contributed by atoms with Crippen molar-refractivity contribution in [3.05, 3.63) is 0 Å². The number of piperidine rings is 1. The molecule has 5 nitrogen and oxygen atoms in total. The van der Waals surface area contributed by atoms with Crippen LogP contribution in [0, 0.1) is 0 Å². The maximum atomic E-state index is 11.2. The molecule has 1 rings (SSSR count). The fourth-order valence-corrected chi connectivity index (χ4v) is 2.98. The van der Waals surface area contributed by atoms with E-state index in [0.717, 1.165) is 0 Å². The maximum absolute atomic E-state index is 11.2. The molecule has 0 bridgehead atoms. The molecule has 1 fully saturated rings. The van der Waals surface area contributed by atoms with E-state index in [1.165, 1.54) is 4.90 Å². The van der Waals surface area contributed by atoms with Crippen LogP contribution < -0.4 is 0 Å². The van der Waals surface area contributed by atoms with Gasteiger partial charge >= 0.3 is 6.09 Å². The molecule has 1 aliphatic heterocycles. The third kappa shape index (κ3) is 4.19. The van der Waals surface area contributed by atoms with Gasteiger partial charge in [-0.05, 0) is 31.0 Å². The molecule has 0 aromatic heterocycles. The van der Waals surface area contributed by atoms with Gasteiger partial charge in [0.2, 0.25) is 0 Å². The number of likely N-dealkylation sites (tertiary alicyclic amines) is 1. The molecule has 0 spiro atoms. The minimum absolute atomic E-state index is 0.120. The van der Waals surface area contributed by atoms with E-state index in [9.17, 15) is 15.0 Å². The second-order valence-electron chi connectivity index (χ2n) is 6.89. The highest BCUT2D eigenvalue weighted by Crippen LogP contribution is 2.37. The van der Waals surface area contributed by atoms with E-state index in [4.69, 9.17) is 4.43 Å². The van der Waals surface area contributed by atoms with E-state index in [2.05, 4.69) is 33.9 Å². The summed E-state index contributed by atoms with van der Waals surface area (Å²) in [5.41, 5.74) is 0. The molecule has 6 heteroatoms. The lowest BCUT2D eigenvalue weighted by Gasteiger charge is -2.41. The molecule has 2 unspecified atom stereocenters. The number of aliphatic hydroxyl groups is 1. The molecular formula is C13H27NO4Si. The topological polar surface area (TPSA) is 70.0 Å². The van der Waals surface area contributed by atoms with Gasteiger partial charge in [-0.3, -0.25) is 0 Å². The zero-order valence-corrected chi connectivity index (χ0v) is 13.6. The Morgan fingerprint density at radius 2 is 1.95 bits per heavy atom. The van der Waals surface area contributed by atoms with Crippen LogP contribution in [0.15, 0.2) is 0 Å². The third-order valence-corrected chi connectivity index (χ3v) is 8.87. The van der Waals surface area contributed by atoms with Crippen LogP contribution in [-0.2, 0) is 4.43 Å². The second kappa shape index (κ2) is 5.81. The number of amides is 1. The van der Waals surface area contributed by atoms with Crippen LogP contribution in [0.5, 0.6) is 0 Å². The van der Waals surface area contributed by atoms with Gasteiger partial charge < -0.3 is 19.5 Å². The molecule has 112 valence electrons. The Kier molecular flexibility index (Phi) is 5.03. The smallest absolute Gasteiger partial charge is 0.407 e. The normalized spacial score (nSPS) is 25.5. The van der Waals surface area contributed by atoms with Crippen LogP contribution in [0.4, 0.5) is 4.79 Å². The molecule has 2 atom stereocenters. The third-order valence-electron chi connectivity index (χ3n) is 4.37. The summed E-state index contributed by atoms with van der Waals surface area (Å²) >= 11 is 0. The van der Waals surface area contributed by atoms with Crippen LogP contribution in [-0.4, -0.2) is 54.8 Å². The number of carbonyl (C=O) groups is 1. The zero-order valence-electron chi connectivity index (χ0n) is 12.6. The summed E-state index contributed by atoms with van der Waals surface area (Å²) in [6.07, 6.45) is -0.194. The van der Waals surface area contributed by atoms with Crippen molar-refractivity contribution in [3.8, 4) is 0 Å². The summed E-state index contributed by atoms with van der Waals surface area (Å²) in [5.74, 6) is 0. The number of nitrogens with zero attached hydrogens (tertiary/aromatic N) is 1. The Labute approximate surface area is 116 Å². The number of rotatable bonds is 3. The van der Waals surface area contributed by atoms with Gasteiger partial charge in [0, 0.05) is 0 Å². The van der Waals surface area contributed by atoms with E-state index in [1.54, 1.807) is 0 Å². The number of aliphatic hydroxyl groups excluding tert-OH is 1. The van der Waals surface area contributed by atoms with Gasteiger partial charge in [-0.25, -0.2) is 4.79 Å². The Morgan fingerprint density at radius 3 is 2.42 bits per heavy atom. The van der Waals surface area contributed by atoms with Crippen molar-refractivity contribution in [2.75, 3.05) is 13.2 Å². The van der Waals surface area contributed by atoms with Crippen LogP contribution in [0.1, 0.15) is 33.6 Å². The predicted molar refractivity (Wildman–Crippen MR) is 76.9 cm³/mol. The molecule has 1 aliphatic rings. The van der Waals surface area contributed by atoms with Gasteiger partial charge in [-0.1, -0.05) is 20.8 Å². The first-order valence-electron chi connectivity index (χ1n) is 6.86. The highest BCUT2D eigenvalue weighted by atomic mass is 28.4. The number of hydrogen-bond donors (Lipinski definition) is 2. The maximum Gasteiger partial charge on any atom is 0.407 e. The highest BCUT2D eigenvalue weighted by molar-refractivity contribution is 6.74. The molecule has 0 aromatic rings. The first-order valence-corrected chi connectivity index (χ1v) is 9.77. The van der Waals surface area contributed by atoms with Crippen LogP contribution in [0.3, 0.4) is 0 Å². The molecule has 0 aromatic carbocycles. The van der Waals surface area contributed by atoms with Crippen molar-refractivity contribution in [1.29, 1.82) is 0 Å². The lowest BCUT2D eigenvalue weighted by molar-refractivity contribution is 0.0209.